The van der Waals surface area contributed by atoms with Crippen LogP contribution in [-0.2, 0) is 10.8 Å². The average Bonchev–Trinajstić information content (AvgIpc) is 1.87. The molecule has 0 heterocycles. The smallest absolute Gasteiger partial charge is 0.0232 e. The Kier molecular flexibility index (Phi) is 7.99. The summed E-state index contributed by atoms with van der Waals surface area (Å²) < 4.78 is 10.6. The Morgan fingerprint density at radius 1 is 1.30 bits per heavy atom. The van der Waals surface area contributed by atoms with Gasteiger partial charge >= 0.3 is 0 Å². The van der Waals surface area contributed by atoms with Crippen LogP contribution in [0.15, 0.2) is 0 Å². The summed E-state index contributed by atoms with van der Waals surface area (Å²) in [5, 5.41) is 0. The fourth-order valence-electron chi connectivity index (χ4n) is 0.729. The van der Waals surface area contributed by atoms with Gasteiger partial charge in [-0.3, -0.25) is 4.21 Å². The minimum atomic E-state index is -0.578. The van der Waals surface area contributed by atoms with Crippen molar-refractivity contribution < 1.29 is 4.21 Å². The van der Waals surface area contributed by atoms with Gasteiger partial charge in [-0.1, -0.05) is 6.42 Å². The first-order valence-electron chi connectivity index (χ1n) is 3.56. The molecule has 1 atom stereocenters. The van der Waals surface area contributed by atoms with Crippen molar-refractivity contribution in [1.29, 1.82) is 0 Å². The van der Waals surface area contributed by atoms with E-state index in [2.05, 4.69) is 6.26 Å². The molecule has 0 bridgehead atoms. The Morgan fingerprint density at radius 2 is 2.00 bits per heavy atom. The molecule has 0 amide bonds. The van der Waals surface area contributed by atoms with Crippen molar-refractivity contribution in [3.05, 3.63) is 0 Å². The highest BCUT2D eigenvalue weighted by molar-refractivity contribution is 7.98. The van der Waals surface area contributed by atoms with Crippen molar-refractivity contribution in [2.45, 2.75) is 19.3 Å². The van der Waals surface area contributed by atoms with Gasteiger partial charge in [-0.2, -0.15) is 11.8 Å². The highest BCUT2D eigenvalue weighted by atomic mass is 32.2. The molecule has 0 aliphatic carbocycles. The van der Waals surface area contributed by atoms with Crippen LogP contribution < -0.4 is 0 Å². The summed E-state index contributed by atoms with van der Waals surface area (Å²) in [5.74, 6) is 2.13. The summed E-state index contributed by atoms with van der Waals surface area (Å²) in [5.41, 5.74) is 0. The lowest BCUT2D eigenvalue weighted by molar-refractivity contribution is 0.680. The topological polar surface area (TPSA) is 17.1 Å². The molecule has 0 fully saturated rings. The first-order valence-corrected chi connectivity index (χ1v) is 6.68. The van der Waals surface area contributed by atoms with Gasteiger partial charge in [0.25, 0.3) is 0 Å². The second kappa shape index (κ2) is 7.61. The zero-order chi connectivity index (χ0) is 7.82. The summed E-state index contributed by atoms with van der Waals surface area (Å²) in [6.45, 7) is 0. The minimum absolute atomic E-state index is 0.578. The first-order chi connectivity index (χ1) is 4.77. The molecule has 0 saturated carbocycles. The third-order valence-corrected chi connectivity index (χ3v) is 2.84. The molecule has 0 spiro atoms. The summed E-state index contributed by atoms with van der Waals surface area (Å²) in [7, 11) is -0.578. The molecule has 0 aliphatic rings. The van der Waals surface area contributed by atoms with Crippen molar-refractivity contribution in [3.63, 3.8) is 0 Å². The van der Waals surface area contributed by atoms with Crippen LogP contribution in [0, 0.1) is 0 Å². The molecule has 1 nitrogen and oxygen atoms in total. The fraction of sp³-hybridized carbons (Fsp3) is 1.00. The van der Waals surface area contributed by atoms with E-state index in [9.17, 15) is 4.21 Å². The van der Waals surface area contributed by atoms with E-state index in [-0.39, 0.29) is 0 Å². The van der Waals surface area contributed by atoms with Gasteiger partial charge in [0.2, 0.25) is 0 Å². The monoisotopic (exact) mass is 180 g/mol. The largest absolute Gasteiger partial charge is 0.260 e. The van der Waals surface area contributed by atoms with Crippen molar-refractivity contribution in [3.8, 4) is 0 Å². The van der Waals surface area contributed by atoms with Gasteiger partial charge in [0.15, 0.2) is 0 Å². The standard InChI is InChI=1S/C7H16OS2/c1-9-6-4-3-5-7-10(2)8/h3-7H2,1-2H3. The van der Waals surface area contributed by atoms with Gasteiger partial charge in [0.1, 0.15) is 0 Å². The summed E-state index contributed by atoms with van der Waals surface area (Å²) in [6, 6.07) is 0. The Morgan fingerprint density at radius 3 is 2.50 bits per heavy atom. The predicted molar refractivity (Wildman–Crippen MR) is 51.2 cm³/mol. The summed E-state index contributed by atoms with van der Waals surface area (Å²) >= 11 is 1.88. The van der Waals surface area contributed by atoms with Gasteiger partial charge in [0, 0.05) is 22.8 Å². The normalized spacial score (nSPS) is 13.4. The zero-order valence-corrected chi connectivity index (χ0v) is 8.39. The molecule has 0 aromatic rings. The molecular weight excluding hydrogens is 164 g/mol. The van der Waals surface area contributed by atoms with E-state index in [1.54, 1.807) is 6.26 Å². The third kappa shape index (κ3) is 8.50. The highest BCUT2D eigenvalue weighted by Crippen LogP contribution is 2.02. The van der Waals surface area contributed by atoms with Crippen LogP contribution >= 0.6 is 11.8 Å². The zero-order valence-electron chi connectivity index (χ0n) is 6.76. The first kappa shape index (κ1) is 10.5. The second-order valence-corrected chi connectivity index (χ2v) is 4.87. The lowest BCUT2D eigenvalue weighted by Gasteiger charge is -1.96. The quantitative estimate of drug-likeness (QED) is 0.581. The van der Waals surface area contributed by atoms with Crippen LogP contribution in [0.3, 0.4) is 0 Å². The number of hydrogen-bond donors (Lipinski definition) is 0. The van der Waals surface area contributed by atoms with Gasteiger partial charge < -0.3 is 0 Å². The maximum atomic E-state index is 10.6. The number of rotatable bonds is 6. The molecular formula is C7H16OS2. The average molecular weight is 180 g/mol. The summed E-state index contributed by atoms with van der Waals surface area (Å²) in [4.78, 5) is 0. The highest BCUT2D eigenvalue weighted by Gasteiger charge is 1.91. The molecule has 1 unspecified atom stereocenters. The Labute approximate surface area is 70.4 Å². The fourth-order valence-corrected chi connectivity index (χ4v) is 1.83. The van der Waals surface area contributed by atoms with Crippen LogP contribution in [-0.4, -0.2) is 28.2 Å². The van der Waals surface area contributed by atoms with E-state index in [1.807, 2.05) is 11.8 Å². The molecule has 0 N–H and O–H groups in total. The van der Waals surface area contributed by atoms with Gasteiger partial charge in [-0.15, -0.1) is 0 Å². The molecule has 0 rings (SSSR count). The van der Waals surface area contributed by atoms with Crippen molar-refractivity contribution in [2.24, 2.45) is 0 Å². The van der Waals surface area contributed by atoms with E-state index in [0.717, 1.165) is 12.2 Å². The minimum Gasteiger partial charge on any atom is -0.260 e. The molecule has 0 saturated heterocycles. The van der Waals surface area contributed by atoms with Gasteiger partial charge in [-0.05, 0) is 24.9 Å². The maximum absolute atomic E-state index is 10.6. The molecule has 10 heavy (non-hydrogen) atoms. The Balaban J connectivity index is 2.84. The van der Waals surface area contributed by atoms with E-state index < -0.39 is 10.8 Å². The third-order valence-electron chi connectivity index (χ3n) is 1.28. The molecule has 0 aliphatic heterocycles. The molecule has 3 heteroatoms. The molecule has 0 radical (unpaired) electrons. The number of unbranched alkanes of at least 4 members (excludes halogenated alkanes) is 2. The van der Waals surface area contributed by atoms with E-state index in [0.29, 0.717) is 0 Å². The van der Waals surface area contributed by atoms with E-state index >= 15 is 0 Å². The lowest BCUT2D eigenvalue weighted by atomic mass is 10.3. The second-order valence-electron chi connectivity index (χ2n) is 2.33. The van der Waals surface area contributed by atoms with Gasteiger partial charge in [-0.25, -0.2) is 0 Å². The van der Waals surface area contributed by atoms with Crippen molar-refractivity contribution >= 4 is 22.6 Å². The maximum Gasteiger partial charge on any atom is 0.0232 e. The van der Waals surface area contributed by atoms with Crippen LogP contribution in [0.1, 0.15) is 19.3 Å². The molecule has 62 valence electrons. The van der Waals surface area contributed by atoms with Crippen LogP contribution in [0.4, 0.5) is 0 Å². The van der Waals surface area contributed by atoms with E-state index in [4.69, 9.17) is 0 Å². The van der Waals surface area contributed by atoms with Crippen LogP contribution in [0.2, 0.25) is 0 Å². The Bertz CT molecular complexity index is 93.6. The van der Waals surface area contributed by atoms with Crippen LogP contribution in [0.25, 0.3) is 0 Å². The number of hydrogen-bond acceptors (Lipinski definition) is 2. The molecule has 0 aromatic heterocycles. The van der Waals surface area contributed by atoms with Crippen molar-refractivity contribution in [2.75, 3.05) is 24.0 Å². The van der Waals surface area contributed by atoms with Crippen molar-refractivity contribution in [1.82, 2.24) is 0 Å². The summed E-state index contributed by atoms with van der Waals surface area (Å²) in [6.07, 6.45) is 7.54. The molecule has 0 aromatic carbocycles. The number of thioether (sulfide) groups is 1. The lowest BCUT2D eigenvalue weighted by Crippen LogP contribution is -1.93. The van der Waals surface area contributed by atoms with E-state index in [1.165, 1.54) is 18.6 Å². The Hall–Kier alpha value is 0.500. The van der Waals surface area contributed by atoms with Crippen LogP contribution in [0.5, 0.6) is 0 Å². The predicted octanol–water partition coefficient (Wildman–Crippen LogP) is 1.90. The van der Waals surface area contributed by atoms with Gasteiger partial charge in [0.05, 0.1) is 0 Å². The SMILES string of the molecule is CSCCCCCS(C)=O.